The van der Waals surface area contributed by atoms with E-state index in [2.05, 4.69) is 4.72 Å². The van der Waals surface area contributed by atoms with Gasteiger partial charge in [0.1, 0.15) is 22.8 Å². The lowest BCUT2D eigenvalue weighted by Gasteiger charge is -2.34. The van der Waals surface area contributed by atoms with Gasteiger partial charge in [0.05, 0.1) is 10.9 Å². The summed E-state index contributed by atoms with van der Waals surface area (Å²) in [5, 5.41) is 18.7. The van der Waals surface area contributed by atoms with Gasteiger partial charge in [0.25, 0.3) is 0 Å². The first-order valence-electron chi connectivity index (χ1n) is 8.16. The molecule has 1 aromatic heterocycles. The number of carboxylic acids is 1. The number of phenols is 1. The predicted molar refractivity (Wildman–Crippen MR) is 93.7 cm³/mol. The fourth-order valence-corrected chi connectivity index (χ4v) is 4.64. The highest BCUT2D eigenvalue weighted by Gasteiger charge is 2.37. The molecule has 1 aromatic carbocycles. The molecule has 26 heavy (non-hydrogen) atoms. The first-order valence-corrected chi connectivity index (χ1v) is 9.65. The number of hydrogen-bond acceptors (Lipinski definition) is 5. The van der Waals surface area contributed by atoms with Crippen molar-refractivity contribution < 1.29 is 27.8 Å². The highest BCUT2D eigenvalue weighted by Crippen LogP contribution is 2.42. The summed E-state index contributed by atoms with van der Waals surface area (Å²) in [6.45, 7) is 5.91. The third-order valence-corrected chi connectivity index (χ3v) is 6.01. The summed E-state index contributed by atoms with van der Waals surface area (Å²) in [4.78, 5) is 10.8. The Bertz CT molecular complexity index is 974. The molecule has 0 aliphatic heterocycles. The molecule has 3 N–H and O–H groups in total. The molecule has 0 amide bonds. The molecule has 1 heterocycles. The Kier molecular flexibility index (Phi) is 4.36. The summed E-state index contributed by atoms with van der Waals surface area (Å²) in [6.07, 6.45) is 1.32. The first-order chi connectivity index (χ1) is 12.0. The van der Waals surface area contributed by atoms with Crippen molar-refractivity contribution in [1.29, 1.82) is 0 Å². The van der Waals surface area contributed by atoms with Crippen molar-refractivity contribution in [2.75, 3.05) is 0 Å². The fraction of sp³-hybridized carbons (Fsp3) is 0.389. The standard InChI is InChI=1S/C18H21NO6S/c1-10-6-13-14(8-18(2,3)9-16(13)25-10)19-26(23,24)11-4-5-12(17(21)22)15(20)7-11/h4-7,14,19-20H,8-9H2,1-3H3,(H,21,22). The molecule has 8 heteroatoms. The Balaban J connectivity index is 1.95. The minimum Gasteiger partial charge on any atom is -0.507 e. The molecular formula is C18H21NO6S. The van der Waals surface area contributed by atoms with Crippen LogP contribution < -0.4 is 4.72 Å². The van der Waals surface area contributed by atoms with Crippen LogP contribution in [0.15, 0.2) is 33.6 Å². The van der Waals surface area contributed by atoms with E-state index < -0.39 is 27.8 Å². The number of aromatic hydroxyl groups is 1. The molecule has 0 spiro atoms. The Morgan fingerprint density at radius 1 is 1.31 bits per heavy atom. The monoisotopic (exact) mass is 379 g/mol. The zero-order valence-corrected chi connectivity index (χ0v) is 15.6. The number of aryl methyl sites for hydroxylation is 1. The maximum atomic E-state index is 12.8. The van der Waals surface area contributed by atoms with Gasteiger partial charge >= 0.3 is 5.97 Å². The fourth-order valence-electron chi connectivity index (χ4n) is 3.40. The van der Waals surface area contributed by atoms with E-state index >= 15 is 0 Å². The highest BCUT2D eigenvalue weighted by molar-refractivity contribution is 7.89. The third-order valence-electron chi connectivity index (χ3n) is 4.54. The van der Waals surface area contributed by atoms with Crippen LogP contribution in [0.1, 0.15) is 53.8 Å². The van der Waals surface area contributed by atoms with E-state index in [1.165, 1.54) is 6.07 Å². The molecule has 1 aliphatic carbocycles. The lowest BCUT2D eigenvalue weighted by molar-refractivity contribution is 0.0693. The average molecular weight is 379 g/mol. The van der Waals surface area contributed by atoms with Crippen LogP contribution in [0, 0.1) is 12.3 Å². The number of carbonyl (C=O) groups is 1. The van der Waals surface area contributed by atoms with Gasteiger partial charge < -0.3 is 14.6 Å². The first kappa shape index (κ1) is 18.5. The molecule has 140 valence electrons. The Morgan fingerprint density at radius 3 is 2.62 bits per heavy atom. The zero-order chi connectivity index (χ0) is 19.3. The van der Waals surface area contributed by atoms with Crippen LogP contribution in [0.2, 0.25) is 0 Å². The normalized spacial score (nSPS) is 19.1. The lowest BCUT2D eigenvalue weighted by atomic mass is 9.75. The predicted octanol–water partition coefficient (Wildman–Crippen LogP) is 2.98. The number of furan rings is 1. The SMILES string of the molecule is Cc1cc2c(o1)CC(C)(C)CC2NS(=O)(=O)c1ccc(C(=O)O)c(O)c1. The van der Waals surface area contributed by atoms with E-state index in [4.69, 9.17) is 9.52 Å². The number of hydrogen-bond donors (Lipinski definition) is 3. The Morgan fingerprint density at radius 2 is 2.00 bits per heavy atom. The lowest BCUT2D eigenvalue weighted by Crippen LogP contribution is -2.36. The van der Waals surface area contributed by atoms with Crippen LogP contribution in [-0.4, -0.2) is 24.6 Å². The number of nitrogens with one attached hydrogen (secondary N) is 1. The largest absolute Gasteiger partial charge is 0.507 e. The summed E-state index contributed by atoms with van der Waals surface area (Å²) in [7, 11) is -3.95. The quantitative estimate of drug-likeness (QED) is 0.752. The number of rotatable bonds is 4. The van der Waals surface area contributed by atoms with Crippen molar-refractivity contribution in [3.63, 3.8) is 0 Å². The van der Waals surface area contributed by atoms with E-state index in [1.54, 1.807) is 0 Å². The van der Waals surface area contributed by atoms with Gasteiger partial charge in [0, 0.05) is 18.1 Å². The molecule has 1 atom stereocenters. The summed E-state index contributed by atoms with van der Waals surface area (Å²) in [5.41, 5.74) is 0.326. The molecule has 0 saturated heterocycles. The van der Waals surface area contributed by atoms with E-state index in [0.29, 0.717) is 6.42 Å². The van der Waals surface area contributed by atoms with E-state index in [-0.39, 0.29) is 15.9 Å². The molecule has 2 aromatic rings. The van der Waals surface area contributed by atoms with Crippen molar-refractivity contribution in [1.82, 2.24) is 4.72 Å². The summed E-state index contributed by atoms with van der Waals surface area (Å²) >= 11 is 0. The van der Waals surface area contributed by atoms with Crippen LogP contribution in [-0.2, 0) is 16.4 Å². The van der Waals surface area contributed by atoms with E-state index in [0.717, 1.165) is 35.6 Å². The number of carboxylic acid groups (broad SMARTS) is 1. The van der Waals surface area contributed by atoms with Crippen LogP contribution in [0.5, 0.6) is 5.75 Å². The van der Waals surface area contributed by atoms with Crippen LogP contribution in [0.25, 0.3) is 0 Å². The maximum Gasteiger partial charge on any atom is 0.339 e. The minimum absolute atomic E-state index is 0.139. The van der Waals surface area contributed by atoms with Gasteiger partial charge in [-0.3, -0.25) is 0 Å². The topological polar surface area (TPSA) is 117 Å². The summed E-state index contributed by atoms with van der Waals surface area (Å²) in [6, 6.07) is 4.56. The highest BCUT2D eigenvalue weighted by atomic mass is 32.2. The van der Waals surface area contributed by atoms with Gasteiger partial charge in [0.15, 0.2) is 0 Å². The molecule has 0 radical (unpaired) electrons. The second-order valence-corrected chi connectivity index (χ2v) is 9.15. The second-order valence-electron chi connectivity index (χ2n) is 7.44. The molecule has 1 aliphatic rings. The van der Waals surface area contributed by atoms with Gasteiger partial charge in [0.2, 0.25) is 10.0 Å². The van der Waals surface area contributed by atoms with E-state index in [1.807, 2.05) is 26.8 Å². The van der Waals surface area contributed by atoms with Gasteiger partial charge in [-0.2, -0.15) is 0 Å². The smallest absolute Gasteiger partial charge is 0.339 e. The molecule has 0 saturated carbocycles. The molecule has 0 bridgehead atoms. The van der Waals surface area contributed by atoms with Crippen molar-refractivity contribution in [2.24, 2.45) is 5.41 Å². The van der Waals surface area contributed by atoms with Crippen molar-refractivity contribution in [2.45, 2.75) is 44.6 Å². The van der Waals surface area contributed by atoms with Crippen molar-refractivity contribution >= 4 is 16.0 Å². The average Bonchev–Trinajstić information content (AvgIpc) is 2.85. The molecule has 1 unspecified atom stereocenters. The van der Waals surface area contributed by atoms with Gasteiger partial charge in [-0.1, -0.05) is 13.8 Å². The molecular weight excluding hydrogens is 358 g/mol. The summed E-state index contributed by atoms with van der Waals surface area (Å²) in [5.74, 6) is -0.424. The third kappa shape index (κ3) is 3.47. The maximum absolute atomic E-state index is 12.8. The Hall–Kier alpha value is -2.32. The molecule has 7 nitrogen and oxygen atoms in total. The molecule has 0 fully saturated rings. The number of fused-ring (bicyclic) bond motifs is 1. The van der Waals surface area contributed by atoms with Gasteiger partial charge in [-0.15, -0.1) is 0 Å². The van der Waals surface area contributed by atoms with Gasteiger partial charge in [-0.25, -0.2) is 17.9 Å². The van der Waals surface area contributed by atoms with Crippen molar-refractivity contribution in [3.8, 4) is 5.75 Å². The van der Waals surface area contributed by atoms with E-state index in [9.17, 15) is 18.3 Å². The zero-order valence-electron chi connectivity index (χ0n) is 14.7. The van der Waals surface area contributed by atoms with Crippen LogP contribution in [0.3, 0.4) is 0 Å². The second kappa shape index (κ2) is 6.14. The minimum atomic E-state index is -3.95. The van der Waals surface area contributed by atoms with Crippen LogP contribution in [0.4, 0.5) is 0 Å². The Labute approximate surface area is 151 Å². The number of aromatic carboxylic acids is 1. The summed E-state index contributed by atoms with van der Waals surface area (Å²) < 4.78 is 33.9. The van der Waals surface area contributed by atoms with Crippen LogP contribution >= 0.6 is 0 Å². The molecule has 3 rings (SSSR count). The van der Waals surface area contributed by atoms with Crippen molar-refractivity contribution in [3.05, 3.63) is 46.9 Å². The van der Waals surface area contributed by atoms with Gasteiger partial charge in [-0.05, 0) is 37.0 Å². The number of benzene rings is 1. The number of sulfonamides is 1.